The summed E-state index contributed by atoms with van der Waals surface area (Å²) in [4.78, 5) is 13.9. The first-order valence-corrected chi connectivity index (χ1v) is 7.01. The Morgan fingerprint density at radius 1 is 1.38 bits per heavy atom. The van der Waals surface area contributed by atoms with Crippen LogP contribution in [-0.2, 0) is 11.3 Å². The fourth-order valence-corrected chi connectivity index (χ4v) is 2.31. The van der Waals surface area contributed by atoms with Gasteiger partial charge in [-0.15, -0.1) is 0 Å². The van der Waals surface area contributed by atoms with Crippen molar-refractivity contribution < 1.29 is 4.79 Å². The summed E-state index contributed by atoms with van der Waals surface area (Å²) in [5.74, 6) is 0.301. The number of amides is 1. The zero-order valence-electron chi connectivity index (χ0n) is 10.2. The van der Waals surface area contributed by atoms with Gasteiger partial charge in [-0.1, -0.05) is 20.3 Å². The summed E-state index contributed by atoms with van der Waals surface area (Å²) in [6.07, 6.45) is 3.81. The predicted octanol–water partition coefficient (Wildman–Crippen LogP) is 3.68. The molecule has 0 unspecified atom stereocenters. The van der Waals surface area contributed by atoms with E-state index in [1.807, 2.05) is 4.90 Å². The molecule has 0 aromatic carbocycles. The molecule has 1 heterocycles. The van der Waals surface area contributed by atoms with Gasteiger partial charge in [-0.05, 0) is 35.2 Å². The Morgan fingerprint density at radius 3 is 2.75 bits per heavy atom. The molecule has 3 heteroatoms. The highest BCUT2D eigenvalue weighted by molar-refractivity contribution is 7.07. The molecule has 0 bridgehead atoms. The number of unbranched alkanes of at least 4 members (excludes halogenated alkanes) is 1. The van der Waals surface area contributed by atoms with Crippen molar-refractivity contribution in [1.82, 2.24) is 4.90 Å². The lowest BCUT2D eigenvalue weighted by atomic mass is 10.2. The fourth-order valence-electron chi connectivity index (χ4n) is 1.65. The highest BCUT2D eigenvalue weighted by Crippen LogP contribution is 2.11. The second-order valence-corrected chi connectivity index (χ2v) is 4.83. The second-order valence-electron chi connectivity index (χ2n) is 4.05. The summed E-state index contributed by atoms with van der Waals surface area (Å²) in [7, 11) is 0. The van der Waals surface area contributed by atoms with Gasteiger partial charge in [-0.3, -0.25) is 4.79 Å². The zero-order valence-corrected chi connectivity index (χ0v) is 11.1. The molecule has 0 spiro atoms. The molecule has 0 fully saturated rings. The van der Waals surface area contributed by atoms with Gasteiger partial charge in [0.15, 0.2) is 0 Å². The number of hydrogen-bond acceptors (Lipinski definition) is 2. The van der Waals surface area contributed by atoms with Gasteiger partial charge in [0.05, 0.1) is 0 Å². The van der Waals surface area contributed by atoms with E-state index in [0.29, 0.717) is 12.3 Å². The van der Waals surface area contributed by atoms with E-state index in [2.05, 4.69) is 30.7 Å². The third-order valence-corrected chi connectivity index (χ3v) is 3.28. The minimum absolute atomic E-state index is 0.301. The molecule has 2 nitrogen and oxygen atoms in total. The van der Waals surface area contributed by atoms with E-state index < -0.39 is 0 Å². The summed E-state index contributed by atoms with van der Waals surface area (Å²) < 4.78 is 0. The summed E-state index contributed by atoms with van der Waals surface area (Å²) in [5, 5.41) is 4.19. The van der Waals surface area contributed by atoms with Gasteiger partial charge >= 0.3 is 0 Å². The Labute approximate surface area is 102 Å². The normalized spacial score (nSPS) is 10.4. The standard InChI is InChI=1S/C13H21NOS/c1-3-5-6-13(15)14(8-4-2)10-12-7-9-16-11-12/h7,9,11H,3-6,8,10H2,1-2H3. The van der Waals surface area contributed by atoms with E-state index in [-0.39, 0.29) is 0 Å². The molecule has 1 aromatic rings. The molecule has 16 heavy (non-hydrogen) atoms. The zero-order chi connectivity index (χ0) is 11.8. The van der Waals surface area contributed by atoms with Crippen molar-refractivity contribution in [2.75, 3.05) is 6.54 Å². The number of thiophene rings is 1. The van der Waals surface area contributed by atoms with Crippen molar-refractivity contribution >= 4 is 17.2 Å². The van der Waals surface area contributed by atoms with Crippen molar-refractivity contribution in [1.29, 1.82) is 0 Å². The molecular weight excluding hydrogens is 218 g/mol. The average molecular weight is 239 g/mol. The van der Waals surface area contributed by atoms with Crippen LogP contribution in [0.5, 0.6) is 0 Å². The predicted molar refractivity (Wildman–Crippen MR) is 69.6 cm³/mol. The van der Waals surface area contributed by atoms with Crippen LogP contribution in [0.2, 0.25) is 0 Å². The largest absolute Gasteiger partial charge is 0.338 e. The maximum absolute atomic E-state index is 11.9. The van der Waals surface area contributed by atoms with Crippen molar-refractivity contribution in [3.63, 3.8) is 0 Å². The van der Waals surface area contributed by atoms with Gasteiger partial charge in [0.25, 0.3) is 0 Å². The van der Waals surface area contributed by atoms with Crippen molar-refractivity contribution in [2.24, 2.45) is 0 Å². The van der Waals surface area contributed by atoms with E-state index in [0.717, 1.165) is 32.4 Å². The maximum Gasteiger partial charge on any atom is 0.222 e. The first kappa shape index (κ1) is 13.2. The Hall–Kier alpha value is -0.830. The van der Waals surface area contributed by atoms with E-state index >= 15 is 0 Å². The minimum atomic E-state index is 0.301. The molecule has 0 N–H and O–H groups in total. The summed E-state index contributed by atoms with van der Waals surface area (Å²) in [6.45, 7) is 5.89. The van der Waals surface area contributed by atoms with Crippen LogP contribution in [0.25, 0.3) is 0 Å². The minimum Gasteiger partial charge on any atom is -0.338 e. The molecule has 0 saturated carbocycles. The molecule has 0 radical (unpaired) electrons. The van der Waals surface area contributed by atoms with Gasteiger partial charge in [-0.25, -0.2) is 0 Å². The monoisotopic (exact) mass is 239 g/mol. The molecule has 0 saturated heterocycles. The molecular formula is C13H21NOS. The molecule has 0 aliphatic rings. The summed E-state index contributed by atoms with van der Waals surface area (Å²) in [6, 6.07) is 2.10. The highest BCUT2D eigenvalue weighted by Gasteiger charge is 2.12. The molecule has 0 atom stereocenters. The van der Waals surface area contributed by atoms with E-state index in [4.69, 9.17) is 0 Å². The Bertz CT molecular complexity index is 295. The molecule has 0 aliphatic heterocycles. The third-order valence-electron chi connectivity index (χ3n) is 2.54. The molecule has 0 aliphatic carbocycles. The lowest BCUT2D eigenvalue weighted by Crippen LogP contribution is -2.30. The Morgan fingerprint density at radius 2 is 2.19 bits per heavy atom. The maximum atomic E-state index is 11.9. The SMILES string of the molecule is CCCCC(=O)N(CCC)Cc1ccsc1. The van der Waals surface area contributed by atoms with Crippen molar-refractivity contribution in [2.45, 2.75) is 46.1 Å². The van der Waals surface area contributed by atoms with Crippen LogP contribution in [0.3, 0.4) is 0 Å². The van der Waals surface area contributed by atoms with Crippen LogP contribution in [0.1, 0.15) is 45.1 Å². The summed E-state index contributed by atoms with van der Waals surface area (Å²) >= 11 is 1.69. The lowest BCUT2D eigenvalue weighted by molar-refractivity contribution is -0.132. The van der Waals surface area contributed by atoms with Gasteiger partial charge in [0, 0.05) is 19.5 Å². The van der Waals surface area contributed by atoms with Gasteiger partial charge in [0.2, 0.25) is 5.91 Å². The van der Waals surface area contributed by atoms with Crippen LogP contribution in [-0.4, -0.2) is 17.4 Å². The van der Waals surface area contributed by atoms with Gasteiger partial charge in [0.1, 0.15) is 0 Å². The van der Waals surface area contributed by atoms with Crippen LogP contribution in [0, 0.1) is 0 Å². The average Bonchev–Trinajstić information content (AvgIpc) is 2.78. The first-order chi connectivity index (χ1) is 7.77. The quantitative estimate of drug-likeness (QED) is 0.711. The summed E-state index contributed by atoms with van der Waals surface area (Å²) in [5.41, 5.74) is 1.25. The topological polar surface area (TPSA) is 20.3 Å². The molecule has 1 rings (SSSR count). The number of hydrogen-bond donors (Lipinski definition) is 0. The smallest absolute Gasteiger partial charge is 0.222 e. The molecule has 1 aromatic heterocycles. The fraction of sp³-hybridized carbons (Fsp3) is 0.615. The molecule has 1 amide bonds. The van der Waals surface area contributed by atoms with Crippen LogP contribution in [0.4, 0.5) is 0 Å². The van der Waals surface area contributed by atoms with Crippen LogP contribution < -0.4 is 0 Å². The highest BCUT2D eigenvalue weighted by atomic mass is 32.1. The van der Waals surface area contributed by atoms with Crippen LogP contribution >= 0.6 is 11.3 Å². The van der Waals surface area contributed by atoms with Gasteiger partial charge < -0.3 is 4.90 Å². The number of rotatable bonds is 7. The Balaban J connectivity index is 2.49. The van der Waals surface area contributed by atoms with E-state index in [1.54, 1.807) is 11.3 Å². The lowest BCUT2D eigenvalue weighted by Gasteiger charge is -2.21. The number of nitrogens with zero attached hydrogens (tertiary/aromatic N) is 1. The number of carbonyl (C=O) groups excluding carboxylic acids is 1. The van der Waals surface area contributed by atoms with Crippen LogP contribution in [0.15, 0.2) is 16.8 Å². The number of carbonyl (C=O) groups is 1. The molecule has 90 valence electrons. The first-order valence-electron chi connectivity index (χ1n) is 6.06. The van der Waals surface area contributed by atoms with Gasteiger partial charge in [-0.2, -0.15) is 11.3 Å². The van der Waals surface area contributed by atoms with E-state index in [1.165, 1.54) is 5.56 Å². The van der Waals surface area contributed by atoms with Crippen molar-refractivity contribution in [3.05, 3.63) is 22.4 Å². The second kappa shape index (κ2) is 7.44. The van der Waals surface area contributed by atoms with Crippen molar-refractivity contribution in [3.8, 4) is 0 Å². The third kappa shape index (κ3) is 4.35. The van der Waals surface area contributed by atoms with E-state index in [9.17, 15) is 4.79 Å². The Kier molecular flexibility index (Phi) is 6.16.